The molecule has 1 aliphatic heterocycles. The van der Waals surface area contributed by atoms with E-state index in [4.69, 9.17) is 14.5 Å². The van der Waals surface area contributed by atoms with E-state index in [9.17, 15) is 4.79 Å². The Balaban J connectivity index is 1.13. The molecule has 1 aliphatic rings. The van der Waals surface area contributed by atoms with Crippen molar-refractivity contribution in [2.24, 2.45) is 5.92 Å². The van der Waals surface area contributed by atoms with Crippen molar-refractivity contribution >= 4 is 32.6 Å². The van der Waals surface area contributed by atoms with Gasteiger partial charge < -0.3 is 19.7 Å². The first-order chi connectivity index (χ1) is 17.2. The smallest absolute Gasteiger partial charge is 0.225 e. The second kappa shape index (κ2) is 10.8. The molecule has 0 bridgehead atoms. The molecule has 0 radical (unpaired) electrons. The largest absolute Gasteiger partial charge is 0.497 e. The van der Waals surface area contributed by atoms with Gasteiger partial charge in [0.1, 0.15) is 18.1 Å². The quantitative estimate of drug-likeness (QED) is 0.360. The van der Waals surface area contributed by atoms with Crippen LogP contribution in [0.4, 0.5) is 5.13 Å². The minimum absolute atomic E-state index is 0.0428. The number of rotatable bonds is 8. The minimum atomic E-state index is -0.0428. The van der Waals surface area contributed by atoms with Gasteiger partial charge in [0.25, 0.3) is 0 Å². The zero-order valence-corrected chi connectivity index (χ0v) is 20.6. The Labute approximate surface area is 209 Å². The van der Waals surface area contributed by atoms with Crippen LogP contribution >= 0.6 is 11.3 Å². The third kappa shape index (κ3) is 5.74. The number of aromatic nitrogens is 1. The lowest BCUT2D eigenvalue weighted by Gasteiger charge is -2.31. The Kier molecular flexibility index (Phi) is 7.14. The second-order valence-electron chi connectivity index (χ2n) is 8.75. The second-order valence-corrected chi connectivity index (χ2v) is 9.76. The molecule has 180 valence electrons. The highest BCUT2D eigenvalue weighted by molar-refractivity contribution is 7.22. The van der Waals surface area contributed by atoms with Crippen molar-refractivity contribution < 1.29 is 14.3 Å². The lowest BCUT2D eigenvalue weighted by Crippen LogP contribution is -2.42. The van der Waals surface area contributed by atoms with Gasteiger partial charge in [0.05, 0.1) is 23.2 Å². The molecule has 4 aromatic rings. The summed E-state index contributed by atoms with van der Waals surface area (Å²) in [7, 11) is 1.67. The summed E-state index contributed by atoms with van der Waals surface area (Å²) in [6.45, 7) is 2.66. The maximum absolute atomic E-state index is 12.9. The zero-order chi connectivity index (χ0) is 24.0. The number of nitrogens with zero attached hydrogens (tertiary/aromatic N) is 2. The number of piperidine rings is 1. The van der Waals surface area contributed by atoms with Gasteiger partial charge in [-0.25, -0.2) is 4.98 Å². The SMILES string of the molecule is COc1ccc2nc(N3CCCC(C(=O)NCc4ccc(OCc5ccccc5)cc4)C3)sc2c1. The van der Waals surface area contributed by atoms with E-state index in [0.717, 1.165) is 57.4 Å². The Morgan fingerprint density at radius 1 is 1.06 bits per heavy atom. The first-order valence-corrected chi connectivity index (χ1v) is 12.7. The molecule has 1 N–H and O–H groups in total. The van der Waals surface area contributed by atoms with Crippen LogP contribution in [0.15, 0.2) is 72.8 Å². The Morgan fingerprint density at radius 2 is 1.86 bits per heavy atom. The Hall–Kier alpha value is -3.58. The molecule has 2 heterocycles. The summed E-state index contributed by atoms with van der Waals surface area (Å²) in [4.78, 5) is 20.0. The zero-order valence-electron chi connectivity index (χ0n) is 19.8. The van der Waals surface area contributed by atoms with E-state index in [1.165, 1.54) is 0 Å². The number of carbonyl (C=O) groups excluding carboxylic acids is 1. The molecule has 0 spiro atoms. The molecule has 1 fully saturated rings. The number of thiazole rings is 1. The van der Waals surface area contributed by atoms with Crippen LogP contribution in [0.2, 0.25) is 0 Å². The molecule has 1 atom stereocenters. The molecule has 1 aromatic heterocycles. The van der Waals surface area contributed by atoms with Gasteiger partial charge in [0.15, 0.2) is 5.13 Å². The highest BCUT2D eigenvalue weighted by Crippen LogP contribution is 2.33. The van der Waals surface area contributed by atoms with E-state index >= 15 is 0 Å². The fourth-order valence-electron chi connectivity index (χ4n) is 4.30. The number of hydrogen-bond acceptors (Lipinski definition) is 6. The van der Waals surface area contributed by atoms with Crippen LogP contribution in [0.1, 0.15) is 24.0 Å². The number of amides is 1. The van der Waals surface area contributed by atoms with Gasteiger partial charge in [-0.15, -0.1) is 0 Å². The highest BCUT2D eigenvalue weighted by atomic mass is 32.1. The first kappa shape index (κ1) is 23.2. The van der Waals surface area contributed by atoms with Gasteiger partial charge in [-0.2, -0.15) is 0 Å². The van der Waals surface area contributed by atoms with Crippen LogP contribution in [0.25, 0.3) is 10.2 Å². The van der Waals surface area contributed by atoms with E-state index in [2.05, 4.69) is 10.2 Å². The summed E-state index contributed by atoms with van der Waals surface area (Å²) in [5.74, 6) is 1.71. The van der Waals surface area contributed by atoms with Crippen molar-refractivity contribution in [2.75, 3.05) is 25.1 Å². The third-order valence-electron chi connectivity index (χ3n) is 6.29. The predicted molar refractivity (Wildman–Crippen MR) is 140 cm³/mol. The van der Waals surface area contributed by atoms with Crippen molar-refractivity contribution in [1.82, 2.24) is 10.3 Å². The summed E-state index contributed by atoms with van der Waals surface area (Å²) in [5, 5.41) is 4.09. The van der Waals surface area contributed by atoms with Crippen LogP contribution < -0.4 is 19.7 Å². The molecule has 1 unspecified atom stereocenters. The van der Waals surface area contributed by atoms with Crippen LogP contribution in [0.5, 0.6) is 11.5 Å². The van der Waals surface area contributed by atoms with Gasteiger partial charge >= 0.3 is 0 Å². The molecule has 6 nitrogen and oxygen atoms in total. The van der Waals surface area contributed by atoms with Gasteiger partial charge in [-0.1, -0.05) is 53.8 Å². The Bertz CT molecular complexity index is 1270. The van der Waals surface area contributed by atoms with Gasteiger partial charge in [0.2, 0.25) is 5.91 Å². The van der Waals surface area contributed by atoms with E-state index in [1.54, 1.807) is 18.4 Å². The van der Waals surface area contributed by atoms with E-state index < -0.39 is 0 Å². The monoisotopic (exact) mass is 487 g/mol. The van der Waals surface area contributed by atoms with Crippen LogP contribution in [-0.4, -0.2) is 31.1 Å². The summed E-state index contributed by atoms with van der Waals surface area (Å²) >= 11 is 1.65. The number of nitrogens with one attached hydrogen (secondary N) is 1. The molecular weight excluding hydrogens is 458 g/mol. The van der Waals surface area contributed by atoms with E-state index in [0.29, 0.717) is 19.7 Å². The lowest BCUT2D eigenvalue weighted by atomic mass is 9.97. The molecule has 3 aromatic carbocycles. The number of fused-ring (bicyclic) bond motifs is 1. The molecule has 35 heavy (non-hydrogen) atoms. The van der Waals surface area contributed by atoms with Crippen LogP contribution in [0, 0.1) is 5.92 Å². The van der Waals surface area contributed by atoms with E-state index in [-0.39, 0.29) is 11.8 Å². The number of carbonyl (C=O) groups is 1. The fourth-order valence-corrected chi connectivity index (χ4v) is 5.33. The molecule has 1 amide bonds. The molecular formula is C28H29N3O3S. The number of anilines is 1. The van der Waals surface area contributed by atoms with Crippen molar-refractivity contribution in [3.05, 3.63) is 83.9 Å². The third-order valence-corrected chi connectivity index (χ3v) is 7.36. The normalized spacial score (nSPS) is 15.7. The van der Waals surface area contributed by atoms with Crippen molar-refractivity contribution in [2.45, 2.75) is 26.0 Å². The van der Waals surface area contributed by atoms with Crippen LogP contribution in [-0.2, 0) is 17.9 Å². The number of methoxy groups -OCH3 is 1. The molecule has 5 rings (SSSR count). The molecule has 1 saturated heterocycles. The van der Waals surface area contributed by atoms with Crippen molar-refractivity contribution in [1.29, 1.82) is 0 Å². The fraction of sp³-hybridized carbons (Fsp3) is 0.286. The average molecular weight is 488 g/mol. The maximum atomic E-state index is 12.9. The minimum Gasteiger partial charge on any atom is -0.497 e. The molecule has 7 heteroatoms. The number of ether oxygens (including phenoxy) is 2. The number of benzene rings is 3. The molecule has 0 aliphatic carbocycles. The predicted octanol–water partition coefficient (Wildman–Crippen LogP) is 5.42. The number of hydrogen-bond donors (Lipinski definition) is 1. The van der Waals surface area contributed by atoms with Crippen molar-refractivity contribution in [3.63, 3.8) is 0 Å². The topological polar surface area (TPSA) is 63.7 Å². The average Bonchev–Trinajstić information content (AvgIpc) is 3.35. The van der Waals surface area contributed by atoms with Crippen LogP contribution in [0.3, 0.4) is 0 Å². The summed E-state index contributed by atoms with van der Waals surface area (Å²) in [6.07, 6.45) is 1.87. The van der Waals surface area contributed by atoms with Crippen molar-refractivity contribution in [3.8, 4) is 11.5 Å². The maximum Gasteiger partial charge on any atom is 0.225 e. The Morgan fingerprint density at radius 3 is 2.66 bits per heavy atom. The first-order valence-electron chi connectivity index (χ1n) is 11.9. The summed E-state index contributed by atoms with van der Waals surface area (Å²) in [6, 6.07) is 23.9. The van der Waals surface area contributed by atoms with Gasteiger partial charge in [-0.3, -0.25) is 4.79 Å². The molecule has 0 saturated carbocycles. The summed E-state index contributed by atoms with van der Waals surface area (Å²) in [5.41, 5.74) is 3.16. The summed E-state index contributed by atoms with van der Waals surface area (Å²) < 4.78 is 12.3. The lowest BCUT2D eigenvalue weighted by molar-refractivity contribution is -0.125. The standard InChI is InChI=1S/C28H29N3O3S/c1-33-24-13-14-25-26(16-24)35-28(30-25)31-15-5-8-22(18-31)27(32)29-17-20-9-11-23(12-10-20)34-19-21-6-3-2-4-7-21/h2-4,6-7,9-14,16,22H,5,8,15,17-19H2,1H3,(H,29,32). The van der Waals surface area contributed by atoms with Gasteiger partial charge in [0, 0.05) is 19.6 Å². The van der Waals surface area contributed by atoms with Gasteiger partial charge in [-0.05, 0) is 54.3 Å². The van der Waals surface area contributed by atoms with E-state index in [1.807, 2.05) is 72.8 Å². The highest BCUT2D eigenvalue weighted by Gasteiger charge is 2.27.